The summed E-state index contributed by atoms with van der Waals surface area (Å²) >= 11 is 0. The molecule has 0 bridgehead atoms. The molecule has 0 atom stereocenters. The van der Waals surface area contributed by atoms with Gasteiger partial charge in [0.25, 0.3) is 0 Å². The molecule has 0 saturated carbocycles. The third kappa shape index (κ3) is 0.395. The standard InChI is InChI=1S/C6H8/c1-3-6-4-5(6)2/h3H2,1-2H3. The second kappa shape index (κ2) is 0.990. The first-order valence-electron chi connectivity index (χ1n) is 2.31. The van der Waals surface area contributed by atoms with Crippen LogP contribution in [-0.4, -0.2) is 0 Å². The van der Waals surface area contributed by atoms with E-state index in [2.05, 4.69) is 19.6 Å². The molecule has 0 N–H and O–H groups in total. The van der Waals surface area contributed by atoms with Crippen LogP contribution in [0.2, 0.25) is 0 Å². The van der Waals surface area contributed by atoms with Crippen molar-refractivity contribution in [1.29, 1.82) is 0 Å². The van der Waals surface area contributed by atoms with Crippen molar-refractivity contribution >= 4 is 0 Å². The van der Waals surface area contributed by atoms with E-state index in [-0.39, 0.29) is 0 Å². The summed E-state index contributed by atoms with van der Waals surface area (Å²) in [5.74, 6) is 0. The Morgan fingerprint density at radius 3 is 2.17 bits per heavy atom. The summed E-state index contributed by atoms with van der Waals surface area (Å²) in [6.45, 7) is 4.25. The quantitative estimate of drug-likeness (QED) is 0.422. The highest BCUT2D eigenvalue weighted by Crippen LogP contribution is 2.21. The van der Waals surface area contributed by atoms with Crippen LogP contribution in [0.15, 0.2) is 16.9 Å². The van der Waals surface area contributed by atoms with Gasteiger partial charge < -0.3 is 0 Å². The molecule has 0 nitrogen and oxygen atoms in total. The number of rotatable bonds is 1. The van der Waals surface area contributed by atoms with Gasteiger partial charge >= 0.3 is 0 Å². The number of hydrogen-bond acceptors (Lipinski definition) is 0. The van der Waals surface area contributed by atoms with E-state index in [1.54, 1.807) is 0 Å². The second-order valence-corrected chi connectivity index (χ2v) is 1.58. The van der Waals surface area contributed by atoms with Crippen molar-refractivity contribution < 1.29 is 0 Å². The first-order chi connectivity index (χ1) is 2.84. The Bertz CT molecular complexity index is 123. The molecule has 0 fully saturated rings. The van der Waals surface area contributed by atoms with Gasteiger partial charge in [0.15, 0.2) is 0 Å². The topological polar surface area (TPSA) is 0 Å². The summed E-state index contributed by atoms with van der Waals surface area (Å²) in [4.78, 5) is 0. The van der Waals surface area contributed by atoms with E-state index in [1.807, 2.05) is 0 Å². The van der Waals surface area contributed by atoms with Crippen LogP contribution in [0.5, 0.6) is 0 Å². The zero-order valence-electron chi connectivity index (χ0n) is 4.21. The molecular formula is C6H8. The predicted octanol–water partition coefficient (Wildman–Crippen LogP) is 1.88. The smallest absolute Gasteiger partial charge is 0.00464 e. The molecule has 0 spiro atoms. The fraction of sp³-hybridized carbons (Fsp3) is 0.500. The predicted molar refractivity (Wildman–Crippen MR) is 26.5 cm³/mol. The van der Waals surface area contributed by atoms with Crippen molar-refractivity contribution in [2.45, 2.75) is 20.3 Å². The minimum Gasteiger partial charge on any atom is -0.112 e. The molecule has 1 aliphatic rings. The van der Waals surface area contributed by atoms with E-state index >= 15 is 0 Å². The van der Waals surface area contributed by atoms with Crippen LogP contribution in [0.4, 0.5) is 0 Å². The lowest BCUT2D eigenvalue weighted by Gasteiger charge is -1.75. The van der Waals surface area contributed by atoms with E-state index < -0.39 is 0 Å². The average molecular weight is 80.1 g/mol. The van der Waals surface area contributed by atoms with E-state index in [9.17, 15) is 0 Å². The van der Waals surface area contributed by atoms with Crippen molar-refractivity contribution in [3.63, 3.8) is 0 Å². The Hall–Kier alpha value is -0.480. The van der Waals surface area contributed by atoms with Gasteiger partial charge in [-0.05, 0) is 13.3 Å². The van der Waals surface area contributed by atoms with Crippen LogP contribution in [-0.2, 0) is 0 Å². The monoisotopic (exact) mass is 80.1 g/mol. The number of hydrogen-bond donors (Lipinski definition) is 0. The summed E-state index contributed by atoms with van der Waals surface area (Å²) in [5.41, 5.74) is 5.91. The maximum Gasteiger partial charge on any atom is 0.00464 e. The minimum absolute atomic E-state index is 1.17. The van der Waals surface area contributed by atoms with Crippen LogP contribution in [0.25, 0.3) is 0 Å². The van der Waals surface area contributed by atoms with Gasteiger partial charge in [-0.1, -0.05) is 6.92 Å². The first kappa shape index (κ1) is 3.70. The van der Waals surface area contributed by atoms with Gasteiger partial charge in [-0.2, -0.15) is 0 Å². The van der Waals surface area contributed by atoms with Crippen molar-refractivity contribution in [1.82, 2.24) is 0 Å². The van der Waals surface area contributed by atoms with E-state index in [1.165, 1.54) is 17.6 Å². The summed E-state index contributed by atoms with van der Waals surface area (Å²) in [6, 6.07) is 0. The zero-order valence-corrected chi connectivity index (χ0v) is 4.21. The van der Waals surface area contributed by atoms with Crippen molar-refractivity contribution in [2.24, 2.45) is 0 Å². The SMILES string of the molecule is CCC1=C=C1C. The van der Waals surface area contributed by atoms with Crippen LogP contribution in [0.1, 0.15) is 20.3 Å². The molecule has 1 aliphatic carbocycles. The second-order valence-electron chi connectivity index (χ2n) is 1.58. The summed E-state index contributed by atoms with van der Waals surface area (Å²) in [6.07, 6.45) is 1.17. The van der Waals surface area contributed by atoms with Gasteiger partial charge in [0.1, 0.15) is 0 Å². The molecule has 32 valence electrons. The van der Waals surface area contributed by atoms with E-state index in [0.29, 0.717) is 0 Å². The first-order valence-corrected chi connectivity index (χ1v) is 2.31. The molecule has 0 unspecified atom stereocenters. The minimum atomic E-state index is 1.17. The zero-order chi connectivity index (χ0) is 4.57. The molecule has 0 aromatic heterocycles. The Morgan fingerprint density at radius 2 is 2.17 bits per heavy atom. The van der Waals surface area contributed by atoms with Crippen LogP contribution in [0.3, 0.4) is 0 Å². The van der Waals surface area contributed by atoms with Gasteiger partial charge in [-0.25, -0.2) is 0 Å². The molecular weight excluding hydrogens is 72.1 g/mol. The lowest BCUT2D eigenvalue weighted by Crippen LogP contribution is -1.58. The molecule has 0 heterocycles. The Balaban J connectivity index is 2.34. The normalized spacial score (nSPS) is 16.3. The van der Waals surface area contributed by atoms with Crippen LogP contribution >= 0.6 is 0 Å². The van der Waals surface area contributed by atoms with Gasteiger partial charge in [0.2, 0.25) is 0 Å². The Kier molecular flexibility index (Phi) is 0.611. The lowest BCUT2D eigenvalue weighted by atomic mass is 10.3. The summed E-state index contributed by atoms with van der Waals surface area (Å²) < 4.78 is 0. The molecule has 6 heavy (non-hydrogen) atoms. The van der Waals surface area contributed by atoms with E-state index in [0.717, 1.165) is 0 Å². The third-order valence-electron chi connectivity index (χ3n) is 1.08. The number of allylic oxidation sites excluding steroid dienone is 1. The largest absolute Gasteiger partial charge is 0.112 e. The molecule has 0 aliphatic heterocycles. The fourth-order valence-corrected chi connectivity index (χ4v) is 0.549. The lowest BCUT2D eigenvalue weighted by molar-refractivity contribution is 1.16. The Labute approximate surface area is 38.2 Å². The molecule has 0 amide bonds. The maximum atomic E-state index is 3.11. The molecule has 0 aromatic rings. The van der Waals surface area contributed by atoms with Gasteiger partial charge in [0.05, 0.1) is 0 Å². The highest BCUT2D eigenvalue weighted by molar-refractivity contribution is 5.41. The van der Waals surface area contributed by atoms with Crippen LogP contribution < -0.4 is 0 Å². The molecule has 0 saturated heterocycles. The average Bonchev–Trinajstić information content (AvgIpc) is 2.19. The van der Waals surface area contributed by atoms with Crippen molar-refractivity contribution in [3.05, 3.63) is 16.9 Å². The molecule has 1 rings (SSSR count). The van der Waals surface area contributed by atoms with Gasteiger partial charge in [0, 0.05) is 11.1 Å². The van der Waals surface area contributed by atoms with E-state index in [4.69, 9.17) is 0 Å². The van der Waals surface area contributed by atoms with Crippen molar-refractivity contribution in [2.75, 3.05) is 0 Å². The fourth-order valence-electron chi connectivity index (χ4n) is 0.549. The Morgan fingerprint density at radius 1 is 1.67 bits per heavy atom. The molecule has 0 radical (unpaired) electrons. The third-order valence-corrected chi connectivity index (χ3v) is 1.08. The molecule has 0 aromatic carbocycles. The van der Waals surface area contributed by atoms with Crippen LogP contribution in [0, 0.1) is 0 Å². The summed E-state index contributed by atoms with van der Waals surface area (Å²) in [7, 11) is 0. The molecule has 0 heteroatoms. The summed E-state index contributed by atoms with van der Waals surface area (Å²) in [5, 5.41) is 0. The van der Waals surface area contributed by atoms with Gasteiger partial charge in [-0.3, -0.25) is 0 Å². The van der Waals surface area contributed by atoms with Crippen molar-refractivity contribution in [3.8, 4) is 0 Å². The highest BCUT2D eigenvalue weighted by Gasteiger charge is 2.03. The van der Waals surface area contributed by atoms with Gasteiger partial charge in [-0.15, -0.1) is 5.73 Å². The highest BCUT2D eigenvalue weighted by atomic mass is 14.1. The maximum absolute atomic E-state index is 3.11.